The van der Waals surface area contributed by atoms with Crippen molar-refractivity contribution in [2.75, 3.05) is 23.0 Å². The molecule has 2 aliphatic heterocycles. The van der Waals surface area contributed by atoms with Crippen LogP contribution in [0, 0.1) is 0 Å². The maximum Gasteiger partial charge on any atom is 0.270 e. The standard InChI is InChI=1S/C15H19N3O6S2/c19-14(16-10-4-6-25(21,22)8-10)12-2-1-3-13(18-12)15(20)17-11-5-7-26(23,24)9-11/h1-3,10-11H,4-9H2,(H,16,19)(H,17,20). The van der Waals surface area contributed by atoms with E-state index in [0.717, 1.165) is 0 Å². The molecule has 0 aliphatic carbocycles. The van der Waals surface area contributed by atoms with Crippen LogP contribution in [-0.4, -0.2) is 68.7 Å². The largest absolute Gasteiger partial charge is 0.347 e. The molecule has 0 spiro atoms. The Balaban J connectivity index is 1.64. The molecule has 2 unspecified atom stereocenters. The molecule has 0 bridgehead atoms. The maximum absolute atomic E-state index is 12.2. The van der Waals surface area contributed by atoms with Crippen molar-refractivity contribution in [3.05, 3.63) is 29.6 Å². The quantitative estimate of drug-likeness (QED) is 0.654. The lowest BCUT2D eigenvalue weighted by molar-refractivity contribution is 0.0932. The lowest BCUT2D eigenvalue weighted by Gasteiger charge is -2.12. The van der Waals surface area contributed by atoms with Crippen molar-refractivity contribution in [1.82, 2.24) is 15.6 Å². The summed E-state index contributed by atoms with van der Waals surface area (Å²) in [6.07, 6.45) is 0.703. The van der Waals surface area contributed by atoms with Crippen LogP contribution in [-0.2, 0) is 19.7 Å². The summed E-state index contributed by atoms with van der Waals surface area (Å²) in [5.41, 5.74) is 0.00184. The summed E-state index contributed by atoms with van der Waals surface area (Å²) in [5.74, 6) is -1.23. The molecular weight excluding hydrogens is 382 g/mol. The van der Waals surface area contributed by atoms with Crippen molar-refractivity contribution in [1.29, 1.82) is 0 Å². The van der Waals surface area contributed by atoms with Gasteiger partial charge in [-0.15, -0.1) is 0 Å². The van der Waals surface area contributed by atoms with E-state index in [9.17, 15) is 26.4 Å². The molecule has 2 N–H and O–H groups in total. The predicted molar refractivity (Wildman–Crippen MR) is 93.3 cm³/mol. The van der Waals surface area contributed by atoms with E-state index in [1.165, 1.54) is 18.2 Å². The topological polar surface area (TPSA) is 139 Å². The van der Waals surface area contributed by atoms with Gasteiger partial charge >= 0.3 is 0 Å². The molecule has 2 atom stereocenters. The molecule has 3 rings (SSSR count). The number of carbonyl (C=O) groups is 2. The normalized spacial score (nSPS) is 26.3. The van der Waals surface area contributed by atoms with E-state index in [-0.39, 0.29) is 34.4 Å². The molecule has 11 heteroatoms. The van der Waals surface area contributed by atoms with Gasteiger partial charge in [0, 0.05) is 12.1 Å². The number of nitrogens with one attached hydrogen (secondary N) is 2. The average molecular weight is 401 g/mol. The lowest BCUT2D eigenvalue weighted by atomic mass is 10.2. The van der Waals surface area contributed by atoms with Crippen LogP contribution in [0.4, 0.5) is 0 Å². The molecule has 2 fully saturated rings. The summed E-state index contributed by atoms with van der Waals surface area (Å²) in [6, 6.07) is 3.42. The zero-order valence-electron chi connectivity index (χ0n) is 13.8. The van der Waals surface area contributed by atoms with E-state index in [2.05, 4.69) is 15.6 Å². The molecule has 2 saturated heterocycles. The molecule has 1 aromatic rings. The SMILES string of the molecule is O=C(NC1CCS(=O)(=O)C1)c1cccc(C(=O)NC2CCS(=O)(=O)C2)n1. The number of rotatable bonds is 4. The molecule has 2 amide bonds. The van der Waals surface area contributed by atoms with Crippen LogP contribution in [0.25, 0.3) is 0 Å². The summed E-state index contributed by atoms with van der Waals surface area (Å²) in [4.78, 5) is 28.5. The van der Waals surface area contributed by atoms with Crippen molar-refractivity contribution in [2.45, 2.75) is 24.9 Å². The van der Waals surface area contributed by atoms with Crippen LogP contribution in [0.1, 0.15) is 33.8 Å². The lowest BCUT2D eigenvalue weighted by Crippen LogP contribution is -2.37. The summed E-state index contributed by atoms with van der Waals surface area (Å²) in [7, 11) is -6.23. The van der Waals surface area contributed by atoms with Gasteiger partial charge in [0.15, 0.2) is 19.7 Å². The van der Waals surface area contributed by atoms with Crippen LogP contribution in [0.3, 0.4) is 0 Å². The Kier molecular flexibility index (Phi) is 5.02. The van der Waals surface area contributed by atoms with Gasteiger partial charge in [0.1, 0.15) is 11.4 Å². The van der Waals surface area contributed by atoms with Gasteiger partial charge in [0.05, 0.1) is 23.0 Å². The van der Waals surface area contributed by atoms with Crippen LogP contribution >= 0.6 is 0 Å². The molecule has 9 nitrogen and oxygen atoms in total. The van der Waals surface area contributed by atoms with Crippen LogP contribution in [0.15, 0.2) is 18.2 Å². The van der Waals surface area contributed by atoms with Gasteiger partial charge in [-0.1, -0.05) is 6.07 Å². The minimum absolute atomic E-state index is 0.000918. The fourth-order valence-corrected chi connectivity index (χ4v) is 6.37. The van der Waals surface area contributed by atoms with Gasteiger partial charge < -0.3 is 10.6 Å². The first kappa shape index (κ1) is 18.8. The van der Waals surface area contributed by atoms with Crippen molar-refractivity contribution >= 4 is 31.5 Å². The molecular formula is C15H19N3O6S2. The Morgan fingerprint density at radius 1 is 0.846 bits per heavy atom. The van der Waals surface area contributed by atoms with E-state index < -0.39 is 43.6 Å². The van der Waals surface area contributed by atoms with Gasteiger partial charge in [-0.25, -0.2) is 21.8 Å². The van der Waals surface area contributed by atoms with E-state index >= 15 is 0 Å². The molecule has 142 valence electrons. The van der Waals surface area contributed by atoms with Gasteiger partial charge in [-0.2, -0.15) is 0 Å². The van der Waals surface area contributed by atoms with E-state index in [4.69, 9.17) is 0 Å². The molecule has 0 aromatic carbocycles. The second kappa shape index (κ2) is 6.95. The number of nitrogens with zero attached hydrogens (tertiary/aromatic N) is 1. The molecule has 1 aromatic heterocycles. The minimum atomic E-state index is -3.12. The van der Waals surface area contributed by atoms with Crippen molar-refractivity contribution in [2.24, 2.45) is 0 Å². The van der Waals surface area contributed by atoms with Crippen LogP contribution in [0.5, 0.6) is 0 Å². The maximum atomic E-state index is 12.2. The van der Waals surface area contributed by atoms with Gasteiger partial charge in [-0.05, 0) is 25.0 Å². The van der Waals surface area contributed by atoms with Crippen molar-refractivity contribution in [3.8, 4) is 0 Å². The van der Waals surface area contributed by atoms with Gasteiger partial charge in [0.2, 0.25) is 0 Å². The first-order valence-corrected chi connectivity index (χ1v) is 11.8. The summed E-state index contributed by atoms with van der Waals surface area (Å²) in [6.45, 7) is 0. The van der Waals surface area contributed by atoms with Gasteiger partial charge in [-0.3, -0.25) is 9.59 Å². The molecule has 2 aliphatic rings. The third kappa shape index (κ3) is 4.58. The monoisotopic (exact) mass is 401 g/mol. The van der Waals surface area contributed by atoms with E-state index in [0.29, 0.717) is 12.8 Å². The molecule has 26 heavy (non-hydrogen) atoms. The molecule has 3 heterocycles. The smallest absolute Gasteiger partial charge is 0.270 e. The zero-order chi connectivity index (χ0) is 18.9. The summed E-state index contributed by atoms with van der Waals surface area (Å²) < 4.78 is 45.8. The third-order valence-electron chi connectivity index (χ3n) is 4.35. The second-order valence-corrected chi connectivity index (χ2v) is 11.0. The summed E-state index contributed by atoms with van der Waals surface area (Å²) in [5, 5.41) is 5.22. The minimum Gasteiger partial charge on any atom is -0.347 e. The molecule has 0 saturated carbocycles. The third-order valence-corrected chi connectivity index (χ3v) is 7.89. The first-order valence-electron chi connectivity index (χ1n) is 8.13. The number of carbonyl (C=O) groups excluding carboxylic acids is 2. The number of hydrogen-bond acceptors (Lipinski definition) is 7. The fourth-order valence-electron chi connectivity index (χ4n) is 3.02. The zero-order valence-corrected chi connectivity index (χ0v) is 15.5. The Morgan fingerprint density at radius 3 is 1.62 bits per heavy atom. The number of sulfone groups is 2. The predicted octanol–water partition coefficient (Wildman–Crippen LogP) is -1.08. The van der Waals surface area contributed by atoms with E-state index in [1.807, 2.05) is 0 Å². The Labute approximate surface area is 151 Å². The highest BCUT2D eigenvalue weighted by Crippen LogP contribution is 2.13. The molecule has 0 radical (unpaired) electrons. The van der Waals surface area contributed by atoms with Crippen LogP contribution in [0.2, 0.25) is 0 Å². The highest BCUT2D eigenvalue weighted by Gasteiger charge is 2.31. The van der Waals surface area contributed by atoms with Crippen LogP contribution < -0.4 is 10.6 Å². The summed E-state index contributed by atoms with van der Waals surface area (Å²) >= 11 is 0. The average Bonchev–Trinajstić information content (AvgIpc) is 3.08. The van der Waals surface area contributed by atoms with Crippen molar-refractivity contribution < 1.29 is 26.4 Å². The Bertz CT molecular complexity index is 869. The number of aromatic nitrogens is 1. The highest BCUT2D eigenvalue weighted by molar-refractivity contribution is 7.91. The first-order chi connectivity index (χ1) is 12.1. The Hall–Kier alpha value is -2.01. The second-order valence-electron chi connectivity index (χ2n) is 6.55. The Morgan fingerprint density at radius 2 is 1.27 bits per heavy atom. The van der Waals surface area contributed by atoms with Crippen molar-refractivity contribution in [3.63, 3.8) is 0 Å². The number of hydrogen-bond donors (Lipinski definition) is 2. The number of pyridine rings is 1. The number of amides is 2. The van der Waals surface area contributed by atoms with E-state index in [1.54, 1.807) is 0 Å². The fraction of sp³-hybridized carbons (Fsp3) is 0.533. The highest BCUT2D eigenvalue weighted by atomic mass is 32.2. The van der Waals surface area contributed by atoms with Gasteiger partial charge in [0.25, 0.3) is 11.8 Å².